The summed E-state index contributed by atoms with van der Waals surface area (Å²) >= 11 is 0. The number of aryl methyl sites for hydroxylation is 1. The number of anilines is 2. The number of carbonyl (C=O) groups excluding carboxylic acids is 1. The van der Waals surface area contributed by atoms with Gasteiger partial charge in [-0.15, -0.1) is 0 Å². The van der Waals surface area contributed by atoms with Crippen LogP contribution in [0.1, 0.15) is 31.0 Å². The number of nitrogens with one attached hydrogen (secondary N) is 2. The van der Waals surface area contributed by atoms with E-state index < -0.39 is 0 Å². The standard InChI is InChI=1S/C18H23N3O2/c1-4-23-17-10-5-12(2)11-16(17)13(3)20-18(22)21-15-8-6-14(19)7-9-15/h5-11,13H,4,19H2,1-3H3,(H2,20,21,22). The minimum atomic E-state index is -0.272. The number of nitrogens with two attached hydrogens (primary N) is 1. The zero-order valence-corrected chi connectivity index (χ0v) is 13.7. The fraction of sp³-hybridized carbons (Fsp3) is 0.278. The third-order valence-electron chi connectivity index (χ3n) is 3.45. The number of rotatable bonds is 5. The predicted molar refractivity (Wildman–Crippen MR) is 93.8 cm³/mol. The summed E-state index contributed by atoms with van der Waals surface area (Å²) in [5, 5.41) is 5.71. The number of amides is 2. The van der Waals surface area contributed by atoms with Gasteiger partial charge in [0.2, 0.25) is 0 Å². The molecule has 0 fully saturated rings. The maximum Gasteiger partial charge on any atom is 0.319 e. The number of nitrogen functional groups attached to an aromatic ring is 1. The quantitative estimate of drug-likeness (QED) is 0.734. The van der Waals surface area contributed by atoms with Crippen LogP contribution in [-0.4, -0.2) is 12.6 Å². The molecule has 0 radical (unpaired) electrons. The van der Waals surface area contributed by atoms with Crippen LogP contribution in [0.15, 0.2) is 42.5 Å². The molecule has 0 saturated heterocycles. The molecule has 0 aliphatic carbocycles. The molecule has 2 aromatic rings. The van der Waals surface area contributed by atoms with Crippen LogP contribution in [0.25, 0.3) is 0 Å². The second-order valence-electron chi connectivity index (χ2n) is 5.42. The number of hydrogen-bond acceptors (Lipinski definition) is 3. The van der Waals surface area contributed by atoms with Gasteiger partial charge in [-0.2, -0.15) is 0 Å². The first-order valence-corrected chi connectivity index (χ1v) is 7.66. The maximum absolute atomic E-state index is 12.1. The zero-order valence-electron chi connectivity index (χ0n) is 13.7. The molecule has 1 unspecified atom stereocenters. The Morgan fingerprint density at radius 2 is 1.91 bits per heavy atom. The third-order valence-corrected chi connectivity index (χ3v) is 3.45. The highest BCUT2D eigenvalue weighted by atomic mass is 16.5. The monoisotopic (exact) mass is 313 g/mol. The Kier molecular flexibility index (Phi) is 5.46. The van der Waals surface area contributed by atoms with Crippen molar-refractivity contribution >= 4 is 17.4 Å². The van der Waals surface area contributed by atoms with Gasteiger partial charge in [-0.05, 0) is 51.1 Å². The molecule has 0 heterocycles. The molecule has 5 nitrogen and oxygen atoms in total. The average molecular weight is 313 g/mol. The Balaban J connectivity index is 2.06. The van der Waals surface area contributed by atoms with Crippen molar-refractivity contribution in [1.29, 1.82) is 0 Å². The van der Waals surface area contributed by atoms with Crippen LogP contribution in [0.3, 0.4) is 0 Å². The molecule has 4 N–H and O–H groups in total. The normalized spacial score (nSPS) is 11.6. The molecule has 5 heteroatoms. The van der Waals surface area contributed by atoms with Gasteiger partial charge in [-0.1, -0.05) is 17.7 Å². The molecule has 0 aliphatic heterocycles. The van der Waals surface area contributed by atoms with Crippen molar-refractivity contribution in [1.82, 2.24) is 5.32 Å². The number of benzene rings is 2. The average Bonchev–Trinajstić information content (AvgIpc) is 2.51. The Morgan fingerprint density at radius 1 is 1.22 bits per heavy atom. The third kappa shape index (κ3) is 4.64. The molecular weight excluding hydrogens is 290 g/mol. The van der Waals surface area contributed by atoms with Crippen LogP contribution in [0.4, 0.5) is 16.2 Å². The van der Waals surface area contributed by atoms with Gasteiger partial charge in [0.05, 0.1) is 12.6 Å². The first-order chi connectivity index (χ1) is 11.0. The second-order valence-corrected chi connectivity index (χ2v) is 5.42. The minimum absolute atomic E-state index is 0.176. The van der Waals surface area contributed by atoms with Crippen molar-refractivity contribution in [2.45, 2.75) is 26.8 Å². The highest BCUT2D eigenvalue weighted by molar-refractivity contribution is 5.89. The van der Waals surface area contributed by atoms with E-state index in [4.69, 9.17) is 10.5 Å². The molecule has 122 valence electrons. The topological polar surface area (TPSA) is 76.4 Å². The number of ether oxygens (including phenoxy) is 1. The molecule has 0 bridgehead atoms. The number of carbonyl (C=O) groups is 1. The summed E-state index contributed by atoms with van der Waals surface area (Å²) in [6.07, 6.45) is 0. The summed E-state index contributed by atoms with van der Waals surface area (Å²) < 4.78 is 5.64. The molecule has 2 rings (SSSR count). The molecule has 0 aliphatic rings. The lowest BCUT2D eigenvalue weighted by molar-refractivity contribution is 0.249. The van der Waals surface area contributed by atoms with Gasteiger partial charge in [0.1, 0.15) is 5.75 Å². The first kappa shape index (κ1) is 16.7. The Bertz CT molecular complexity index is 668. The molecule has 0 spiro atoms. The molecule has 0 aromatic heterocycles. The largest absolute Gasteiger partial charge is 0.494 e. The van der Waals surface area contributed by atoms with Crippen LogP contribution in [0.2, 0.25) is 0 Å². The van der Waals surface area contributed by atoms with Crippen molar-refractivity contribution in [3.05, 3.63) is 53.6 Å². The van der Waals surface area contributed by atoms with Crippen molar-refractivity contribution < 1.29 is 9.53 Å². The van der Waals surface area contributed by atoms with E-state index in [0.717, 1.165) is 16.9 Å². The summed E-state index contributed by atoms with van der Waals surface area (Å²) in [5.41, 5.74) is 9.06. The summed E-state index contributed by atoms with van der Waals surface area (Å²) in [6.45, 7) is 6.47. The Labute approximate surface area is 136 Å². The summed E-state index contributed by atoms with van der Waals surface area (Å²) in [5.74, 6) is 0.790. The van der Waals surface area contributed by atoms with Gasteiger partial charge in [0, 0.05) is 16.9 Å². The fourth-order valence-corrected chi connectivity index (χ4v) is 2.30. The van der Waals surface area contributed by atoms with Gasteiger partial charge in [-0.3, -0.25) is 0 Å². The summed E-state index contributed by atoms with van der Waals surface area (Å²) in [6, 6.07) is 12.5. The molecule has 23 heavy (non-hydrogen) atoms. The Morgan fingerprint density at radius 3 is 2.57 bits per heavy atom. The highest BCUT2D eigenvalue weighted by Crippen LogP contribution is 2.26. The van der Waals surface area contributed by atoms with Crippen molar-refractivity contribution in [3.8, 4) is 5.75 Å². The first-order valence-electron chi connectivity index (χ1n) is 7.66. The van der Waals surface area contributed by atoms with Gasteiger partial charge in [-0.25, -0.2) is 4.79 Å². The molecule has 2 aromatic carbocycles. The highest BCUT2D eigenvalue weighted by Gasteiger charge is 2.14. The summed E-state index contributed by atoms with van der Waals surface area (Å²) in [7, 11) is 0. The minimum Gasteiger partial charge on any atom is -0.494 e. The maximum atomic E-state index is 12.1. The van der Waals surface area contributed by atoms with Crippen molar-refractivity contribution in [2.24, 2.45) is 0 Å². The van der Waals surface area contributed by atoms with Gasteiger partial charge >= 0.3 is 6.03 Å². The van der Waals surface area contributed by atoms with E-state index in [9.17, 15) is 4.79 Å². The lowest BCUT2D eigenvalue weighted by Gasteiger charge is -2.19. The Hall–Kier alpha value is -2.69. The number of hydrogen-bond donors (Lipinski definition) is 3. The predicted octanol–water partition coefficient (Wildman–Crippen LogP) is 3.86. The SMILES string of the molecule is CCOc1ccc(C)cc1C(C)NC(=O)Nc1ccc(N)cc1. The van der Waals surface area contributed by atoms with E-state index in [2.05, 4.69) is 10.6 Å². The fourth-order valence-electron chi connectivity index (χ4n) is 2.30. The van der Waals surface area contributed by atoms with Crippen LogP contribution in [0.5, 0.6) is 5.75 Å². The van der Waals surface area contributed by atoms with Gasteiger partial charge < -0.3 is 21.1 Å². The molecule has 2 amide bonds. The van der Waals surface area contributed by atoms with Gasteiger partial charge in [0.15, 0.2) is 0 Å². The van der Waals surface area contributed by atoms with Crippen LogP contribution in [-0.2, 0) is 0 Å². The van der Waals surface area contributed by atoms with E-state index in [1.54, 1.807) is 24.3 Å². The molecule has 0 saturated carbocycles. The van der Waals surface area contributed by atoms with E-state index in [1.165, 1.54) is 0 Å². The van der Waals surface area contributed by atoms with Gasteiger partial charge in [0.25, 0.3) is 0 Å². The molecule has 1 atom stereocenters. The smallest absolute Gasteiger partial charge is 0.319 e. The lowest BCUT2D eigenvalue weighted by Crippen LogP contribution is -2.31. The van der Waals surface area contributed by atoms with E-state index in [0.29, 0.717) is 18.0 Å². The van der Waals surface area contributed by atoms with Crippen LogP contribution >= 0.6 is 0 Å². The number of urea groups is 1. The molecular formula is C18H23N3O2. The van der Waals surface area contributed by atoms with Crippen molar-refractivity contribution in [3.63, 3.8) is 0 Å². The van der Waals surface area contributed by atoms with Crippen LogP contribution < -0.4 is 21.1 Å². The van der Waals surface area contributed by atoms with E-state index >= 15 is 0 Å². The lowest BCUT2D eigenvalue weighted by atomic mass is 10.0. The van der Waals surface area contributed by atoms with Crippen molar-refractivity contribution in [2.75, 3.05) is 17.7 Å². The van der Waals surface area contributed by atoms with E-state index in [1.807, 2.05) is 39.0 Å². The summed E-state index contributed by atoms with van der Waals surface area (Å²) in [4.78, 5) is 12.1. The zero-order chi connectivity index (χ0) is 16.8. The van der Waals surface area contributed by atoms with Crippen LogP contribution in [0, 0.1) is 6.92 Å². The van der Waals surface area contributed by atoms with E-state index in [-0.39, 0.29) is 12.1 Å². The second kappa shape index (κ2) is 7.54.